The minimum absolute atomic E-state index is 0.0127. The summed E-state index contributed by atoms with van der Waals surface area (Å²) in [6.45, 7) is 4.88. The highest BCUT2D eigenvalue weighted by atomic mass is 32.1. The van der Waals surface area contributed by atoms with Crippen LogP contribution in [0.15, 0.2) is 0 Å². The fraction of sp³-hybridized carbons (Fsp3) is 0.688. The smallest absolute Gasteiger partial charge is 0.325 e. The van der Waals surface area contributed by atoms with Crippen LogP contribution in [0.3, 0.4) is 0 Å². The number of primary amides is 1. The lowest BCUT2D eigenvalue weighted by atomic mass is 10.0. The van der Waals surface area contributed by atoms with Crippen molar-refractivity contribution in [1.29, 1.82) is 0 Å². The van der Waals surface area contributed by atoms with E-state index in [9.17, 15) is 24.0 Å². The molecule has 4 unspecified atom stereocenters. The van der Waals surface area contributed by atoms with Gasteiger partial charge in [0.1, 0.15) is 18.1 Å². The highest BCUT2D eigenvalue weighted by Gasteiger charge is 2.30. The van der Waals surface area contributed by atoms with Crippen molar-refractivity contribution in [2.24, 2.45) is 17.4 Å². The number of nitrogens with two attached hydrogens (primary N) is 2. The van der Waals surface area contributed by atoms with Crippen molar-refractivity contribution >= 4 is 42.2 Å². The first-order chi connectivity index (χ1) is 12.9. The van der Waals surface area contributed by atoms with Gasteiger partial charge in [-0.15, -0.1) is 0 Å². The lowest BCUT2D eigenvalue weighted by Crippen LogP contribution is -2.57. The molecular formula is C16H29N5O6S. The molecule has 0 bridgehead atoms. The summed E-state index contributed by atoms with van der Waals surface area (Å²) < 4.78 is 0. The molecule has 4 amide bonds. The van der Waals surface area contributed by atoms with Gasteiger partial charge in [-0.05, 0) is 19.3 Å². The second-order valence-electron chi connectivity index (χ2n) is 6.78. The van der Waals surface area contributed by atoms with Crippen molar-refractivity contribution in [3.05, 3.63) is 0 Å². The summed E-state index contributed by atoms with van der Waals surface area (Å²) in [5.74, 6) is -4.28. The summed E-state index contributed by atoms with van der Waals surface area (Å²) in [5.41, 5.74) is 10.7. The third-order valence-corrected chi connectivity index (χ3v) is 4.03. The van der Waals surface area contributed by atoms with Crippen LogP contribution in [-0.4, -0.2) is 64.6 Å². The zero-order valence-corrected chi connectivity index (χ0v) is 17.0. The molecule has 0 aliphatic heterocycles. The van der Waals surface area contributed by atoms with E-state index in [0.717, 1.165) is 0 Å². The molecule has 0 aromatic heterocycles. The van der Waals surface area contributed by atoms with E-state index in [2.05, 4.69) is 28.6 Å². The van der Waals surface area contributed by atoms with E-state index < -0.39 is 60.2 Å². The molecule has 0 aromatic carbocycles. The van der Waals surface area contributed by atoms with Crippen LogP contribution in [0.2, 0.25) is 0 Å². The van der Waals surface area contributed by atoms with Crippen molar-refractivity contribution in [1.82, 2.24) is 16.0 Å². The number of aliphatic carboxylic acids is 1. The number of carbonyl (C=O) groups is 5. The summed E-state index contributed by atoms with van der Waals surface area (Å²) in [4.78, 5) is 59.0. The molecule has 4 atom stereocenters. The van der Waals surface area contributed by atoms with Crippen LogP contribution >= 0.6 is 12.6 Å². The van der Waals surface area contributed by atoms with Gasteiger partial charge in [0.2, 0.25) is 23.6 Å². The molecule has 0 aromatic rings. The average Bonchev–Trinajstić information content (AvgIpc) is 2.58. The van der Waals surface area contributed by atoms with E-state index in [0.29, 0.717) is 0 Å². The fourth-order valence-corrected chi connectivity index (χ4v) is 2.29. The van der Waals surface area contributed by atoms with Crippen molar-refractivity contribution < 1.29 is 29.1 Å². The third-order valence-electron chi connectivity index (χ3n) is 3.64. The average molecular weight is 420 g/mol. The number of carboxylic acids is 1. The van der Waals surface area contributed by atoms with Gasteiger partial charge >= 0.3 is 5.97 Å². The fourth-order valence-electron chi connectivity index (χ4n) is 2.12. The Kier molecular flexibility index (Phi) is 11.2. The summed E-state index contributed by atoms with van der Waals surface area (Å²) >= 11 is 3.93. The number of hydrogen-bond donors (Lipinski definition) is 7. The Hall–Kier alpha value is -2.34. The quantitative estimate of drug-likeness (QED) is 0.173. The largest absolute Gasteiger partial charge is 0.480 e. The van der Waals surface area contributed by atoms with E-state index in [4.69, 9.17) is 16.6 Å². The summed E-state index contributed by atoms with van der Waals surface area (Å²) in [6, 6.07) is -4.57. The first-order valence-electron chi connectivity index (χ1n) is 8.67. The van der Waals surface area contributed by atoms with E-state index in [1.54, 1.807) is 0 Å². The van der Waals surface area contributed by atoms with Gasteiger partial charge in [0.05, 0.1) is 12.5 Å². The van der Waals surface area contributed by atoms with Gasteiger partial charge in [-0.2, -0.15) is 12.6 Å². The van der Waals surface area contributed by atoms with Crippen molar-refractivity contribution in [2.45, 2.75) is 57.8 Å². The van der Waals surface area contributed by atoms with Crippen molar-refractivity contribution in [2.75, 3.05) is 5.75 Å². The molecule has 0 aliphatic rings. The summed E-state index contributed by atoms with van der Waals surface area (Å²) in [5, 5.41) is 15.9. The molecule has 11 nitrogen and oxygen atoms in total. The van der Waals surface area contributed by atoms with Crippen LogP contribution < -0.4 is 27.4 Å². The number of hydrogen-bond acceptors (Lipinski definition) is 7. The SMILES string of the molecule is CC(C)CC(NC(=O)C(N)CS)C(=O)NC(CC(N)=O)C(=O)NC(C)C(=O)O. The molecule has 0 radical (unpaired) electrons. The van der Waals surface area contributed by atoms with E-state index in [-0.39, 0.29) is 18.1 Å². The molecule has 0 fully saturated rings. The molecule has 0 heterocycles. The Balaban J connectivity index is 5.32. The Morgan fingerprint density at radius 3 is 1.86 bits per heavy atom. The number of carboxylic acid groups (broad SMARTS) is 1. The van der Waals surface area contributed by atoms with Gasteiger partial charge in [0.25, 0.3) is 0 Å². The van der Waals surface area contributed by atoms with Crippen molar-refractivity contribution in [3.63, 3.8) is 0 Å². The van der Waals surface area contributed by atoms with Crippen LogP contribution in [0.5, 0.6) is 0 Å². The lowest BCUT2D eigenvalue weighted by molar-refractivity contribution is -0.142. The van der Waals surface area contributed by atoms with E-state index in [1.165, 1.54) is 6.92 Å². The minimum atomic E-state index is -1.39. The number of rotatable bonds is 12. The monoisotopic (exact) mass is 419 g/mol. The second kappa shape index (κ2) is 12.2. The van der Waals surface area contributed by atoms with Crippen molar-refractivity contribution in [3.8, 4) is 0 Å². The van der Waals surface area contributed by atoms with Gasteiger partial charge in [-0.1, -0.05) is 13.8 Å². The standard InChI is InChI=1S/C16H29N5O6S/c1-7(2)4-10(20-13(23)9(17)6-28)15(25)21-11(5-12(18)22)14(24)19-8(3)16(26)27/h7-11,28H,4-6,17H2,1-3H3,(H2,18,22)(H,19,24)(H,20,23)(H,21,25)(H,26,27). The maximum atomic E-state index is 12.6. The second-order valence-corrected chi connectivity index (χ2v) is 7.15. The number of carbonyl (C=O) groups excluding carboxylic acids is 4. The molecule has 28 heavy (non-hydrogen) atoms. The van der Waals surface area contributed by atoms with Crippen LogP contribution in [0, 0.1) is 5.92 Å². The van der Waals surface area contributed by atoms with Crippen LogP contribution in [0.25, 0.3) is 0 Å². The molecule has 160 valence electrons. The summed E-state index contributed by atoms with van der Waals surface area (Å²) in [7, 11) is 0. The van der Waals surface area contributed by atoms with Gasteiger partial charge in [0.15, 0.2) is 0 Å². The van der Waals surface area contributed by atoms with Crippen LogP contribution in [0.4, 0.5) is 0 Å². The van der Waals surface area contributed by atoms with E-state index in [1.807, 2.05) is 13.8 Å². The molecule has 0 aliphatic carbocycles. The highest BCUT2D eigenvalue weighted by molar-refractivity contribution is 7.80. The van der Waals surface area contributed by atoms with Gasteiger partial charge in [-0.3, -0.25) is 24.0 Å². The number of nitrogens with one attached hydrogen (secondary N) is 3. The maximum absolute atomic E-state index is 12.6. The summed E-state index contributed by atoms with van der Waals surface area (Å²) in [6.07, 6.45) is -0.296. The Morgan fingerprint density at radius 2 is 1.43 bits per heavy atom. The molecular weight excluding hydrogens is 390 g/mol. The Labute approximate surface area is 168 Å². The highest BCUT2D eigenvalue weighted by Crippen LogP contribution is 2.07. The first kappa shape index (κ1) is 25.7. The van der Waals surface area contributed by atoms with Crippen LogP contribution in [-0.2, 0) is 24.0 Å². The Bertz CT molecular complexity index is 600. The van der Waals surface area contributed by atoms with Gasteiger partial charge in [-0.25, -0.2) is 0 Å². The normalized spacial score (nSPS) is 15.1. The number of thiol groups is 1. The van der Waals surface area contributed by atoms with E-state index >= 15 is 0 Å². The molecule has 0 saturated carbocycles. The zero-order chi connectivity index (χ0) is 22.0. The topological polar surface area (TPSA) is 194 Å². The predicted molar refractivity (Wildman–Crippen MR) is 104 cm³/mol. The number of amides is 4. The minimum Gasteiger partial charge on any atom is -0.480 e. The molecule has 0 rings (SSSR count). The molecule has 8 N–H and O–H groups in total. The zero-order valence-electron chi connectivity index (χ0n) is 16.1. The molecule has 0 spiro atoms. The molecule has 0 saturated heterocycles. The van der Waals surface area contributed by atoms with Crippen LogP contribution in [0.1, 0.15) is 33.6 Å². The molecule has 12 heteroatoms. The van der Waals surface area contributed by atoms with Gasteiger partial charge < -0.3 is 32.5 Å². The first-order valence-corrected chi connectivity index (χ1v) is 9.30. The lowest BCUT2D eigenvalue weighted by Gasteiger charge is -2.25. The predicted octanol–water partition coefficient (Wildman–Crippen LogP) is -2.28. The maximum Gasteiger partial charge on any atom is 0.325 e. The third kappa shape index (κ3) is 9.55. The van der Waals surface area contributed by atoms with Gasteiger partial charge in [0, 0.05) is 5.75 Å². The Morgan fingerprint density at radius 1 is 0.929 bits per heavy atom.